The molecule has 1 heterocycles. The molecule has 2 saturated carbocycles. The van der Waals surface area contributed by atoms with Crippen LogP contribution in [-0.2, 0) is 14.8 Å². The Morgan fingerprint density at radius 1 is 1.25 bits per heavy atom. The van der Waals surface area contributed by atoms with E-state index in [0.29, 0.717) is 11.8 Å². The first-order chi connectivity index (χ1) is 13.4. The van der Waals surface area contributed by atoms with Crippen LogP contribution in [0.25, 0.3) is 0 Å². The number of morpholine rings is 1. The number of amides is 1. The minimum atomic E-state index is -4.00. The van der Waals surface area contributed by atoms with E-state index in [1.807, 2.05) is 6.92 Å². The maximum atomic E-state index is 14.3. The summed E-state index contributed by atoms with van der Waals surface area (Å²) < 4.78 is 46.3. The Kier molecular flexibility index (Phi) is 5.46. The third-order valence-corrected chi connectivity index (χ3v) is 8.49. The van der Waals surface area contributed by atoms with Gasteiger partial charge in [0.25, 0.3) is 5.91 Å². The second kappa shape index (κ2) is 7.72. The van der Waals surface area contributed by atoms with Gasteiger partial charge in [0.15, 0.2) is 0 Å². The summed E-state index contributed by atoms with van der Waals surface area (Å²) in [6.45, 7) is 2.93. The van der Waals surface area contributed by atoms with Gasteiger partial charge in [0.05, 0.1) is 13.2 Å². The molecule has 0 radical (unpaired) electrons. The smallest absolute Gasteiger partial charge is 0.251 e. The van der Waals surface area contributed by atoms with Gasteiger partial charge in [-0.2, -0.15) is 4.31 Å². The van der Waals surface area contributed by atoms with Crippen molar-refractivity contribution < 1.29 is 22.3 Å². The minimum absolute atomic E-state index is 0.0205. The quantitative estimate of drug-likeness (QED) is 0.809. The van der Waals surface area contributed by atoms with E-state index < -0.39 is 20.7 Å². The van der Waals surface area contributed by atoms with Crippen molar-refractivity contribution in [2.24, 2.45) is 17.8 Å². The Morgan fingerprint density at radius 3 is 2.64 bits per heavy atom. The molecule has 154 valence electrons. The molecule has 8 heteroatoms. The number of halogens is 1. The predicted molar refractivity (Wildman–Crippen MR) is 102 cm³/mol. The van der Waals surface area contributed by atoms with Gasteiger partial charge < -0.3 is 10.1 Å². The molecule has 0 spiro atoms. The largest absolute Gasteiger partial charge is 0.379 e. The molecule has 4 atom stereocenters. The summed E-state index contributed by atoms with van der Waals surface area (Å²) in [6.07, 6.45) is 4.92. The molecule has 3 aliphatic rings. The fourth-order valence-electron chi connectivity index (χ4n) is 5.07. The molecular formula is C20H27FN2O4S. The molecule has 6 nitrogen and oxygen atoms in total. The highest BCUT2D eigenvalue weighted by molar-refractivity contribution is 7.89. The van der Waals surface area contributed by atoms with Crippen LogP contribution in [0.3, 0.4) is 0 Å². The molecule has 1 aromatic carbocycles. The molecular weight excluding hydrogens is 383 g/mol. The van der Waals surface area contributed by atoms with Crippen LogP contribution in [0.4, 0.5) is 4.39 Å². The average molecular weight is 411 g/mol. The molecule has 28 heavy (non-hydrogen) atoms. The number of carbonyl (C=O) groups excluding carboxylic acids is 1. The minimum Gasteiger partial charge on any atom is -0.379 e. The van der Waals surface area contributed by atoms with Crippen LogP contribution < -0.4 is 5.32 Å². The maximum Gasteiger partial charge on any atom is 0.251 e. The lowest BCUT2D eigenvalue weighted by Gasteiger charge is -2.28. The summed E-state index contributed by atoms with van der Waals surface area (Å²) in [4.78, 5) is 12.3. The number of benzene rings is 1. The number of fused-ring (bicyclic) bond motifs is 2. The molecule has 0 aromatic heterocycles. The zero-order valence-electron chi connectivity index (χ0n) is 16.1. The maximum absolute atomic E-state index is 14.3. The number of rotatable bonds is 5. The summed E-state index contributed by atoms with van der Waals surface area (Å²) >= 11 is 0. The highest BCUT2D eigenvalue weighted by atomic mass is 32.2. The summed E-state index contributed by atoms with van der Waals surface area (Å²) in [7, 11) is -4.00. The van der Waals surface area contributed by atoms with Crippen LogP contribution in [-0.4, -0.2) is 51.0 Å². The second-order valence-electron chi connectivity index (χ2n) is 8.26. The van der Waals surface area contributed by atoms with Gasteiger partial charge in [-0.15, -0.1) is 0 Å². The number of carbonyl (C=O) groups is 1. The van der Waals surface area contributed by atoms with E-state index in [1.54, 1.807) is 0 Å². The Balaban J connectivity index is 1.50. The third kappa shape index (κ3) is 3.69. The Hall–Kier alpha value is -1.51. The molecule has 2 bridgehead atoms. The first-order valence-corrected chi connectivity index (χ1v) is 11.5. The SMILES string of the molecule is C[C@@H](NC(=O)c1ccc(F)c(S(=O)(=O)N2CCOCC2)c1)[C@H]1C[C@H]2CC[C@H]1C2. The summed E-state index contributed by atoms with van der Waals surface area (Å²) in [5.74, 6) is 0.730. The van der Waals surface area contributed by atoms with Crippen LogP contribution in [0.15, 0.2) is 23.1 Å². The van der Waals surface area contributed by atoms with Crippen molar-refractivity contribution in [2.75, 3.05) is 26.3 Å². The van der Waals surface area contributed by atoms with Gasteiger partial charge in [-0.25, -0.2) is 12.8 Å². The van der Waals surface area contributed by atoms with Crippen molar-refractivity contribution in [3.63, 3.8) is 0 Å². The Bertz CT molecular complexity index is 854. The fraction of sp³-hybridized carbons (Fsp3) is 0.650. The lowest BCUT2D eigenvalue weighted by atomic mass is 9.84. The molecule has 1 amide bonds. The lowest BCUT2D eigenvalue weighted by molar-refractivity contribution is 0.0729. The van der Waals surface area contributed by atoms with E-state index in [2.05, 4.69) is 5.32 Å². The molecule has 1 aliphatic heterocycles. The van der Waals surface area contributed by atoms with Crippen molar-refractivity contribution in [2.45, 2.75) is 43.5 Å². The van der Waals surface area contributed by atoms with Crippen LogP contribution >= 0.6 is 0 Å². The summed E-state index contributed by atoms with van der Waals surface area (Å²) in [5, 5.41) is 3.01. The Labute approximate surface area is 165 Å². The number of sulfonamides is 1. The number of hydrogen-bond donors (Lipinski definition) is 1. The molecule has 1 aromatic rings. The molecule has 0 unspecified atom stereocenters. The van der Waals surface area contributed by atoms with Gasteiger partial charge in [-0.3, -0.25) is 4.79 Å². The molecule has 2 aliphatic carbocycles. The van der Waals surface area contributed by atoms with Gasteiger partial charge in [0, 0.05) is 24.7 Å². The zero-order chi connectivity index (χ0) is 19.9. The Morgan fingerprint density at radius 2 is 2.00 bits per heavy atom. The molecule has 1 saturated heterocycles. The summed E-state index contributed by atoms with van der Waals surface area (Å²) in [5.41, 5.74) is 0.170. The van der Waals surface area contributed by atoms with Crippen molar-refractivity contribution in [3.05, 3.63) is 29.6 Å². The van der Waals surface area contributed by atoms with Crippen molar-refractivity contribution >= 4 is 15.9 Å². The topological polar surface area (TPSA) is 75.7 Å². The monoisotopic (exact) mass is 410 g/mol. The van der Waals surface area contributed by atoms with Crippen LogP contribution in [0.5, 0.6) is 0 Å². The van der Waals surface area contributed by atoms with Crippen LogP contribution in [0.1, 0.15) is 43.0 Å². The van der Waals surface area contributed by atoms with Gasteiger partial charge in [-0.05, 0) is 62.1 Å². The second-order valence-corrected chi connectivity index (χ2v) is 10.2. The van der Waals surface area contributed by atoms with E-state index in [-0.39, 0.29) is 43.8 Å². The molecule has 1 N–H and O–H groups in total. The number of nitrogens with one attached hydrogen (secondary N) is 1. The van der Waals surface area contributed by atoms with E-state index in [1.165, 1.54) is 29.6 Å². The van der Waals surface area contributed by atoms with Gasteiger partial charge in [0.2, 0.25) is 10.0 Å². The highest BCUT2D eigenvalue weighted by Crippen LogP contribution is 2.49. The summed E-state index contributed by atoms with van der Waals surface area (Å²) in [6, 6.07) is 3.58. The van der Waals surface area contributed by atoms with Crippen molar-refractivity contribution in [3.8, 4) is 0 Å². The van der Waals surface area contributed by atoms with E-state index in [4.69, 9.17) is 4.74 Å². The average Bonchev–Trinajstić information content (AvgIpc) is 3.32. The molecule has 4 rings (SSSR count). The first kappa shape index (κ1) is 19.8. The fourth-order valence-corrected chi connectivity index (χ4v) is 6.57. The number of ether oxygens (including phenoxy) is 1. The zero-order valence-corrected chi connectivity index (χ0v) is 16.9. The first-order valence-electron chi connectivity index (χ1n) is 10.0. The van der Waals surface area contributed by atoms with Gasteiger partial charge >= 0.3 is 0 Å². The van der Waals surface area contributed by atoms with Crippen molar-refractivity contribution in [1.29, 1.82) is 0 Å². The van der Waals surface area contributed by atoms with E-state index >= 15 is 0 Å². The normalized spacial score (nSPS) is 29.0. The standard InChI is InChI=1S/C20H27FN2O4S/c1-13(17-11-14-2-3-15(17)10-14)22-20(24)16-4-5-18(21)19(12-16)28(25,26)23-6-8-27-9-7-23/h4-5,12-15,17H,2-3,6-11H2,1H3,(H,22,24)/t13-,14+,15+,17-/m1/s1. The number of nitrogens with zero attached hydrogens (tertiary/aromatic N) is 1. The number of hydrogen-bond acceptors (Lipinski definition) is 4. The van der Waals surface area contributed by atoms with Crippen LogP contribution in [0.2, 0.25) is 0 Å². The lowest BCUT2D eigenvalue weighted by Crippen LogP contribution is -2.41. The molecule has 3 fully saturated rings. The van der Waals surface area contributed by atoms with Gasteiger partial charge in [-0.1, -0.05) is 6.42 Å². The van der Waals surface area contributed by atoms with E-state index in [0.717, 1.165) is 24.5 Å². The van der Waals surface area contributed by atoms with Crippen molar-refractivity contribution in [1.82, 2.24) is 9.62 Å². The predicted octanol–water partition coefficient (Wildman–Crippen LogP) is 2.40. The van der Waals surface area contributed by atoms with E-state index in [9.17, 15) is 17.6 Å². The van der Waals surface area contributed by atoms with Crippen LogP contribution in [0, 0.1) is 23.6 Å². The van der Waals surface area contributed by atoms with Gasteiger partial charge in [0.1, 0.15) is 10.7 Å². The highest BCUT2D eigenvalue weighted by Gasteiger charge is 2.42. The third-order valence-electron chi connectivity index (χ3n) is 6.58.